The minimum absolute atomic E-state index is 0.0309. The summed E-state index contributed by atoms with van der Waals surface area (Å²) in [7, 11) is 0. The summed E-state index contributed by atoms with van der Waals surface area (Å²) in [5.74, 6) is -0.109. The van der Waals surface area contributed by atoms with Gasteiger partial charge in [-0.2, -0.15) is 0 Å². The number of nitrogens with zero attached hydrogens (tertiary/aromatic N) is 2. The highest BCUT2D eigenvalue weighted by atomic mass is 79.9. The molecule has 7 nitrogen and oxygen atoms in total. The van der Waals surface area contributed by atoms with E-state index in [2.05, 4.69) is 21.2 Å². The van der Waals surface area contributed by atoms with Crippen molar-refractivity contribution in [3.63, 3.8) is 0 Å². The molecule has 0 aromatic heterocycles. The molecule has 2 aromatic carbocycles. The zero-order valence-corrected chi connectivity index (χ0v) is 18.0. The summed E-state index contributed by atoms with van der Waals surface area (Å²) in [6.07, 6.45) is 3.11. The molecule has 2 aliphatic heterocycles. The summed E-state index contributed by atoms with van der Waals surface area (Å²) in [5.41, 5.74) is 1.50. The van der Waals surface area contributed by atoms with Gasteiger partial charge in [-0.25, -0.2) is 0 Å². The monoisotopic (exact) mass is 471 g/mol. The highest BCUT2D eigenvalue weighted by Crippen LogP contribution is 2.35. The fraction of sp³-hybridized carbons (Fsp3) is 0.318. The zero-order chi connectivity index (χ0) is 21.1. The molecule has 4 rings (SSSR count). The number of carbonyl (C=O) groups excluding carboxylic acids is 3. The van der Waals surface area contributed by atoms with Crippen LogP contribution in [0.5, 0.6) is 5.75 Å². The van der Waals surface area contributed by atoms with E-state index in [1.54, 1.807) is 36.4 Å². The normalized spacial score (nSPS) is 16.0. The van der Waals surface area contributed by atoms with Gasteiger partial charge < -0.3 is 15.0 Å². The van der Waals surface area contributed by atoms with Gasteiger partial charge in [0.05, 0.1) is 11.3 Å². The van der Waals surface area contributed by atoms with Crippen molar-refractivity contribution >= 4 is 45.0 Å². The van der Waals surface area contributed by atoms with Crippen LogP contribution in [0.2, 0.25) is 0 Å². The number of nitrogens with one attached hydrogen (secondary N) is 1. The van der Waals surface area contributed by atoms with Crippen molar-refractivity contribution in [3.8, 4) is 5.75 Å². The van der Waals surface area contributed by atoms with Crippen molar-refractivity contribution in [2.24, 2.45) is 0 Å². The molecule has 8 heteroatoms. The van der Waals surface area contributed by atoms with Crippen molar-refractivity contribution in [2.45, 2.75) is 19.3 Å². The van der Waals surface area contributed by atoms with Crippen LogP contribution in [0.25, 0.3) is 0 Å². The largest absolute Gasteiger partial charge is 0.482 e. The van der Waals surface area contributed by atoms with Crippen molar-refractivity contribution in [2.75, 3.05) is 36.5 Å². The fourth-order valence-electron chi connectivity index (χ4n) is 3.68. The maximum absolute atomic E-state index is 12.7. The van der Waals surface area contributed by atoms with Gasteiger partial charge in [-0.15, -0.1) is 0 Å². The van der Waals surface area contributed by atoms with Gasteiger partial charge in [-0.1, -0.05) is 12.1 Å². The van der Waals surface area contributed by atoms with E-state index in [0.717, 1.165) is 32.4 Å². The Morgan fingerprint density at radius 2 is 1.83 bits per heavy atom. The summed E-state index contributed by atoms with van der Waals surface area (Å²) < 4.78 is 6.21. The first-order valence-corrected chi connectivity index (χ1v) is 10.7. The lowest BCUT2D eigenvalue weighted by atomic mass is 10.1. The molecule has 0 radical (unpaired) electrons. The second-order valence-electron chi connectivity index (χ2n) is 7.33. The first-order valence-electron chi connectivity index (χ1n) is 9.94. The minimum Gasteiger partial charge on any atom is -0.482 e. The molecule has 0 aliphatic carbocycles. The van der Waals surface area contributed by atoms with E-state index in [-0.39, 0.29) is 30.9 Å². The molecule has 0 saturated carbocycles. The van der Waals surface area contributed by atoms with E-state index in [0.29, 0.717) is 27.2 Å². The standard InChI is InChI=1S/C22H22BrN3O4/c23-17-7-3-2-6-16(17)22(29)24-15-8-9-19-18(12-15)26(21(28)14-30-19)13-20(27)25-10-4-1-5-11-25/h2-3,6-9,12H,1,4-5,10-11,13-14H2,(H,24,29). The van der Waals surface area contributed by atoms with Crippen molar-refractivity contribution in [1.29, 1.82) is 0 Å². The van der Waals surface area contributed by atoms with Crippen molar-refractivity contribution in [1.82, 2.24) is 4.90 Å². The maximum Gasteiger partial charge on any atom is 0.265 e. The average Bonchev–Trinajstić information content (AvgIpc) is 2.76. The number of halogens is 1. The number of likely N-dealkylation sites (tertiary alicyclic amines) is 1. The van der Waals surface area contributed by atoms with Gasteiger partial charge >= 0.3 is 0 Å². The Balaban J connectivity index is 1.54. The van der Waals surface area contributed by atoms with E-state index in [1.165, 1.54) is 4.90 Å². The van der Waals surface area contributed by atoms with E-state index in [1.807, 2.05) is 11.0 Å². The van der Waals surface area contributed by atoms with Crippen LogP contribution in [0.15, 0.2) is 46.9 Å². The highest BCUT2D eigenvalue weighted by molar-refractivity contribution is 9.10. The molecular weight excluding hydrogens is 450 g/mol. The van der Waals surface area contributed by atoms with Crippen LogP contribution in [0, 0.1) is 0 Å². The van der Waals surface area contributed by atoms with Gasteiger partial charge in [-0.3, -0.25) is 19.3 Å². The van der Waals surface area contributed by atoms with Crippen molar-refractivity contribution < 1.29 is 19.1 Å². The number of fused-ring (bicyclic) bond motifs is 1. The fourth-order valence-corrected chi connectivity index (χ4v) is 4.14. The second-order valence-corrected chi connectivity index (χ2v) is 8.18. The number of hydrogen-bond donors (Lipinski definition) is 1. The lowest BCUT2D eigenvalue weighted by molar-refractivity contribution is -0.132. The predicted octanol–water partition coefficient (Wildman–Crippen LogP) is 3.44. The number of amides is 3. The van der Waals surface area contributed by atoms with Gasteiger partial charge in [0.25, 0.3) is 11.8 Å². The SMILES string of the molecule is O=C(Nc1ccc2c(c1)N(CC(=O)N1CCCCC1)C(=O)CO2)c1ccccc1Br. The molecule has 0 bridgehead atoms. The van der Waals surface area contributed by atoms with Crippen LogP contribution in [0.3, 0.4) is 0 Å². The minimum atomic E-state index is -0.276. The molecule has 3 amide bonds. The number of benzene rings is 2. The van der Waals surface area contributed by atoms with Gasteiger partial charge in [0, 0.05) is 23.2 Å². The number of ether oxygens (including phenoxy) is 1. The summed E-state index contributed by atoms with van der Waals surface area (Å²) in [6.45, 7) is 1.32. The third kappa shape index (κ3) is 4.33. The summed E-state index contributed by atoms with van der Waals surface area (Å²) in [6, 6.07) is 12.2. The molecule has 0 atom stereocenters. The number of carbonyl (C=O) groups is 3. The molecule has 156 valence electrons. The van der Waals surface area contributed by atoms with Crippen LogP contribution in [0.4, 0.5) is 11.4 Å². The number of anilines is 2. The van der Waals surface area contributed by atoms with Crippen LogP contribution in [-0.4, -0.2) is 48.9 Å². The topological polar surface area (TPSA) is 79.0 Å². The first kappa shape index (κ1) is 20.4. The molecule has 2 aromatic rings. The van der Waals surface area contributed by atoms with Gasteiger partial charge in [0.15, 0.2) is 6.61 Å². The van der Waals surface area contributed by atoms with Gasteiger partial charge in [-0.05, 0) is 65.5 Å². The average molecular weight is 472 g/mol. The predicted molar refractivity (Wildman–Crippen MR) is 117 cm³/mol. The molecule has 1 fully saturated rings. The highest BCUT2D eigenvalue weighted by Gasteiger charge is 2.29. The Labute approximate surface area is 183 Å². The summed E-state index contributed by atoms with van der Waals surface area (Å²) >= 11 is 3.38. The van der Waals surface area contributed by atoms with Gasteiger partial charge in [0.2, 0.25) is 5.91 Å². The Morgan fingerprint density at radius 1 is 1.07 bits per heavy atom. The summed E-state index contributed by atoms with van der Waals surface area (Å²) in [5, 5.41) is 2.84. The molecular formula is C22H22BrN3O4. The lowest BCUT2D eigenvalue weighted by Crippen LogP contribution is -2.47. The molecule has 2 heterocycles. The third-order valence-corrected chi connectivity index (χ3v) is 5.97. The molecule has 1 N–H and O–H groups in total. The Hall–Kier alpha value is -2.87. The maximum atomic E-state index is 12.7. The second kappa shape index (κ2) is 8.87. The Morgan fingerprint density at radius 3 is 2.60 bits per heavy atom. The van der Waals surface area contributed by atoms with Gasteiger partial charge in [0.1, 0.15) is 12.3 Å². The summed E-state index contributed by atoms with van der Waals surface area (Å²) in [4.78, 5) is 41.1. The zero-order valence-electron chi connectivity index (χ0n) is 16.4. The number of rotatable bonds is 4. The molecule has 0 spiro atoms. The van der Waals surface area contributed by atoms with E-state index in [9.17, 15) is 14.4 Å². The Bertz CT molecular complexity index is 988. The smallest absolute Gasteiger partial charge is 0.265 e. The van der Waals surface area contributed by atoms with Crippen LogP contribution >= 0.6 is 15.9 Å². The van der Waals surface area contributed by atoms with Crippen LogP contribution < -0.4 is 15.0 Å². The quantitative estimate of drug-likeness (QED) is 0.740. The lowest BCUT2D eigenvalue weighted by Gasteiger charge is -2.33. The van der Waals surface area contributed by atoms with Crippen molar-refractivity contribution in [3.05, 3.63) is 52.5 Å². The van der Waals surface area contributed by atoms with Crippen LogP contribution in [0.1, 0.15) is 29.6 Å². The third-order valence-electron chi connectivity index (χ3n) is 5.28. The van der Waals surface area contributed by atoms with Crippen LogP contribution in [-0.2, 0) is 9.59 Å². The number of hydrogen-bond acceptors (Lipinski definition) is 4. The molecule has 1 saturated heterocycles. The molecule has 30 heavy (non-hydrogen) atoms. The van der Waals surface area contributed by atoms with E-state index in [4.69, 9.17) is 4.74 Å². The number of piperidine rings is 1. The first-order chi connectivity index (χ1) is 14.5. The molecule has 0 unspecified atom stereocenters. The Kier molecular flexibility index (Phi) is 6.03. The molecule has 2 aliphatic rings. The van der Waals surface area contributed by atoms with E-state index < -0.39 is 0 Å². The van der Waals surface area contributed by atoms with E-state index >= 15 is 0 Å².